The number of piperidine rings is 1. The van der Waals surface area contributed by atoms with Crippen LogP contribution in [0.25, 0.3) is 20.4 Å². The highest BCUT2D eigenvalue weighted by molar-refractivity contribution is 7.98. The maximum absolute atomic E-state index is 12.4. The molecule has 0 bridgehead atoms. The lowest BCUT2D eigenvalue weighted by Crippen LogP contribution is -2.42. The molecule has 0 radical (unpaired) electrons. The number of thioether (sulfide) groups is 1. The van der Waals surface area contributed by atoms with Crippen LogP contribution in [-0.4, -0.2) is 98.4 Å². The van der Waals surface area contributed by atoms with Gasteiger partial charge in [0.25, 0.3) is 11.8 Å². The number of hydrogen-bond donors (Lipinski definition) is 5. The van der Waals surface area contributed by atoms with Crippen molar-refractivity contribution < 1.29 is 74.8 Å². The summed E-state index contributed by atoms with van der Waals surface area (Å²) in [6.07, 6.45) is 4.77. The summed E-state index contributed by atoms with van der Waals surface area (Å²) in [5.41, 5.74) is 10.4. The van der Waals surface area contributed by atoms with E-state index in [4.69, 9.17) is 32.4 Å². The molecule has 1 unspecified atom stereocenters. The average Bonchev–Trinajstić information content (AvgIpc) is 3.79. The van der Waals surface area contributed by atoms with Gasteiger partial charge in [-0.2, -0.15) is 43.2 Å². The summed E-state index contributed by atoms with van der Waals surface area (Å²) < 4.78 is 149. The number of halogens is 6. The molecule has 1 spiro atoms. The van der Waals surface area contributed by atoms with Gasteiger partial charge >= 0.3 is 31.3 Å². The number of amides is 2. The van der Waals surface area contributed by atoms with Crippen molar-refractivity contribution in [2.45, 2.75) is 39.4 Å². The van der Waals surface area contributed by atoms with Crippen LogP contribution in [0, 0.1) is 0 Å². The molecule has 6 heterocycles. The van der Waals surface area contributed by atoms with Crippen LogP contribution in [0.15, 0.2) is 21.9 Å². The number of primary amides is 2. The highest BCUT2D eigenvalue weighted by Crippen LogP contribution is 2.41. The van der Waals surface area contributed by atoms with Gasteiger partial charge in [0.1, 0.15) is 19.4 Å². The van der Waals surface area contributed by atoms with Gasteiger partial charge in [0.2, 0.25) is 11.8 Å². The van der Waals surface area contributed by atoms with Gasteiger partial charge in [0, 0.05) is 54.6 Å². The van der Waals surface area contributed by atoms with Gasteiger partial charge in [-0.05, 0) is 6.26 Å². The van der Waals surface area contributed by atoms with Gasteiger partial charge in [-0.1, -0.05) is 0 Å². The number of anilines is 2. The van der Waals surface area contributed by atoms with Crippen molar-refractivity contribution in [3.63, 3.8) is 0 Å². The zero-order valence-electron chi connectivity index (χ0n) is 28.8. The number of carbonyl (C=O) groups excluding carboxylic acids is 2. The Morgan fingerprint density at radius 1 is 0.842 bits per heavy atom. The molecule has 0 saturated carbocycles. The third-order valence-corrected chi connectivity index (χ3v) is 13.2. The predicted octanol–water partition coefficient (Wildman–Crippen LogP) is 2.98. The van der Waals surface area contributed by atoms with Crippen LogP contribution in [-0.2, 0) is 40.5 Å². The number of alkyl halides is 6. The quantitative estimate of drug-likeness (QED) is 0.0734. The Bertz CT molecular complexity index is 2430. The first-order chi connectivity index (χ1) is 26.2. The molecule has 4 aromatic rings. The summed E-state index contributed by atoms with van der Waals surface area (Å²) in [7, 11) is -13.6. The van der Waals surface area contributed by atoms with E-state index in [0.29, 0.717) is 21.6 Å². The van der Waals surface area contributed by atoms with E-state index in [1.54, 1.807) is 6.26 Å². The highest BCUT2D eigenvalue weighted by atomic mass is 32.2. The van der Waals surface area contributed by atoms with Crippen molar-refractivity contribution in [3.8, 4) is 11.8 Å². The van der Waals surface area contributed by atoms with Gasteiger partial charge in [-0.25, -0.2) is 9.97 Å². The molecular formula is C27H29F6N7O11S6. The van der Waals surface area contributed by atoms with Crippen LogP contribution in [0.2, 0.25) is 0 Å². The number of ether oxygens (including phenoxy) is 2. The lowest BCUT2D eigenvalue weighted by Gasteiger charge is -2.31. The second kappa shape index (κ2) is 17.2. The van der Waals surface area contributed by atoms with Gasteiger partial charge in [0.05, 0.1) is 45.7 Å². The number of aromatic nitrogens is 2. The lowest BCUT2D eigenvalue weighted by atomic mass is 10.1. The minimum Gasteiger partial charge on any atom is -0.397 e. The normalized spacial score (nSPS) is 16.4. The first-order valence-corrected chi connectivity index (χ1v) is 22.4. The second-order valence-electron chi connectivity index (χ2n) is 11.2. The molecule has 0 aliphatic carbocycles. The molecule has 6 rings (SSSR count). The van der Waals surface area contributed by atoms with Crippen LogP contribution >= 0.6 is 34.4 Å². The third kappa shape index (κ3) is 10.3. The van der Waals surface area contributed by atoms with E-state index in [0.717, 1.165) is 74.4 Å². The summed E-state index contributed by atoms with van der Waals surface area (Å²) in [6.45, 7) is 3.61. The topological polar surface area (TPSA) is 298 Å². The summed E-state index contributed by atoms with van der Waals surface area (Å²) in [5.74, 6) is -3.68. The smallest absolute Gasteiger partial charge is 0.397 e. The Labute approximate surface area is 332 Å². The molecular weight excluding hydrogens is 905 g/mol. The molecule has 2 aliphatic rings. The van der Waals surface area contributed by atoms with Gasteiger partial charge < -0.3 is 46.1 Å². The van der Waals surface area contributed by atoms with Gasteiger partial charge in [-0.3, -0.25) is 13.8 Å². The Morgan fingerprint density at radius 2 is 1.26 bits per heavy atom. The van der Waals surface area contributed by atoms with Crippen molar-refractivity contribution in [1.29, 1.82) is 0 Å². The summed E-state index contributed by atoms with van der Waals surface area (Å²) >= 11 is 2.40. The number of nitrogens with two attached hydrogens (primary N) is 4. The van der Waals surface area contributed by atoms with Crippen LogP contribution in [0.3, 0.4) is 0 Å². The molecule has 30 heteroatoms. The Kier molecular flexibility index (Phi) is 13.9. The molecule has 2 amide bonds. The van der Waals surface area contributed by atoms with Gasteiger partial charge in [-0.15, -0.1) is 34.4 Å². The molecule has 2 saturated heterocycles. The second-order valence-corrected chi connectivity index (χ2v) is 18.4. The fourth-order valence-corrected chi connectivity index (χ4v) is 9.14. The lowest BCUT2D eigenvalue weighted by molar-refractivity contribution is -0.172. The Morgan fingerprint density at radius 3 is 1.67 bits per heavy atom. The molecule has 57 heavy (non-hydrogen) atoms. The first-order valence-electron chi connectivity index (χ1n) is 15.2. The number of pyridine rings is 2. The minimum atomic E-state index is -5.96. The summed E-state index contributed by atoms with van der Waals surface area (Å²) in [6, 6.07) is 1.74. The molecule has 1 atom stereocenters. The molecule has 18 nitrogen and oxygen atoms in total. The largest absolute Gasteiger partial charge is 0.534 e. The van der Waals surface area contributed by atoms with Crippen molar-refractivity contribution in [3.05, 3.63) is 21.9 Å². The van der Waals surface area contributed by atoms with Crippen molar-refractivity contribution in [2.75, 3.05) is 50.3 Å². The minimum absolute atomic E-state index is 0.0274. The summed E-state index contributed by atoms with van der Waals surface area (Å²) in [4.78, 5) is 29.7. The van der Waals surface area contributed by atoms with Crippen molar-refractivity contribution in [2.24, 2.45) is 11.5 Å². The van der Waals surface area contributed by atoms with E-state index >= 15 is 0 Å². The zero-order chi connectivity index (χ0) is 42.9. The van der Waals surface area contributed by atoms with E-state index in [9.17, 15) is 57.0 Å². The monoisotopic (exact) mass is 933 g/mol. The van der Waals surface area contributed by atoms with E-state index in [2.05, 4.69) is 23.7 Å². The Hall–Kier alpha value is -3.78. The van der Waals surface area contributed by atoms with Crippen molar-refractivity contribution in [1.82, 2.24) is 15.3 Å². The number of rotatable bonds is 8. The number of hydrogen-bond acceptors (Lipinski definition) is 19. The molecule has 4 aromatic heterocycles. The molecule has 0 aromatic carbocycles. The van der Waals surface area contributed by atoms with E-state index in [-0.39, 0.29) is 46.9 Å². The van der Waals surface area contributed by atoms with E-state index < -0.39 is 65.6 Å². The molecule has 9 N–H and O–H groups in total. The van der Waals surface area contributed by atoms with E-state index in [1.165, 1.54) is 6.26 Å². The van der Waals surface area contributed by atoms with Crippen LogP contribution in [0.5, 0.6) is 11.8 Å². The molecule has 316 valence electrons. The van der Waals surface area contributed by atoms with Crippen LogP contribution in [0.1, 0.15) is 32.2 Å². The average molecular weight is 934 g/mol. The van der Waals surface area contributed by atoms with Crippen molar-refractivity contribution >= 4 is 109 Å². The van der Waals surface area contributed by atoms with E-state index in [1.807, 2.05) is 0 Å². The summed E-state index contributed by atoms with van der Waals surface area (Å²) in [5, 5.41) is 3.61. The SMILES string of the molecule is C1CC2(CCN1)OCCO2.CS(=O)c1cc(OS(=O)(=O)C(F)(F)F)nc2sc(C(N)=O)c(N)c12.CSc1cc(OS(=O)(=O)C(F)(F)F)nc2sc(C(N)=O)c(N)c12. The highest BCUT2D eigenvalue weighted by Gasteiger charge is 2.50. The Balaban J connectivity index is 0.000000204. The number of nitrogen functional groups attached to an aromatic ring is 2. The third-order valence-electron chi connectivity index (χ3n) is 7.39. The number of fused-ring (bicyclic) bond motifs is 2. The number of thiophene rings is 2. The first kappa shape index (κ1) is 45.9. The fraction of sp³-hybridized carbons (Fsp3) is 0.407. The maximum Gasteiger partial charge on any atom is 0.534 e. The molecule has 2 fully saturated rings. The standard InChI is InChI=1S/C10H8F3N3O5S3.C10H8F3N3O4S3.C7H13NO2/c1-23(18)3-2-4(21-24(19,20)10(11,12)13)16-9-5(3)6(14)7(22-9)8(15)17;1-21-3-2-4(20-23(18,19)10(11,12)13)16-9-5(3)6(14)7(22-9)8(15)17;1-3-8-4-2-7(1)9-5-6-10-7/h2H,14H2,1H3,(H2,15,17);2H,14H2,1H3,(H2,15,17);8H,1-6H2. The van der Waals surface area contributed by atoms with Gasteiger partial charge in [0.15, 0.2) is 5.79 Å². The number of nitrogens with zero attached hydrogens (tertiary/aromatic N) is 2. The maximum atomic E-state index is 12.4. The molecule has 2 aliphatic heterocycles. The fourth-order valence-electron chi connectivity index (χ4n) is 4.88. The van der Waals surface area contributed by atoms with Crippen LogP contribution in [0.4, 0.5) is 37.7 Å². The zero-order valence-corrected chi connectivity index (χ0v) is 33.7. The number of carbonyl (C=O) groups is 2. The number of nitrogens with one attached hydrogen (secondary N) is 1. The predicted molar refractivity (Wildman–Crippen MR) is 197 cm³/mol. The van der Waals surface area contributed by atoms with Crippen LogP contribution < -0.4 is 36.6 Å².